The van der Waals surface area contributed by atoms with Crippen LogP contribution in [0.25, 0.3) is 0 Å². The monoisotopic (exact) mass is 278 g/mol. The van der Waals surface area contributed by atoms with Crippen LogP contribution in [0.3, 0.4) is 0 Å². The van der Waals surface area contributed by atoms with Crippen LogP contribution in [0.4, 0.5) is 0 Å². The maximum Gasteiger partial charge on any atom is 0.161 e. The van der Waals surface area contributed by atoms with Crippen molar-refractivity contribution in [3.8, 4) is 11.5 Å². The molecule has 4 nitrogen and oxygen atoms in total. The van der Waals surface area contributed by atoms with Gasteiger partial charge in [0.1, 0.15) is 6.61 Å². The fraction of sp³-hybridized carbons (Fsp3) is 0.625. The fourth-order valence-corrected chi connectivity index (χ4v) is 2.28. The van der Waals surface area contributed by atoms with Gasteiger partial charge in [-0.25, -0.2) is 0 Å². The Morgan fingerprint density at radius 2 is 1.70 bits per heavy atom. The smallest absolute Gasteiger partial charge is 0.161 e. The topological polar surface area (TPSA) is 24.9 Å². The third-order valence-electron chi connectivity index (χ3n) is 3.47. The first kappa shape index (κ1) is 15.1. The summed E-state index contributed by atoms with van der Waals surface area (Å²) in [5, 5.41) is 0. The highest BCUT2D eigenvalue weighted by Crippen LogP contribution is 2.27. The van der Waals surface area contributed by atoms with Gasteiger partial charge >= 0.3 is 0 Å². The number of ether oxygens (including phenoxy) is 2. The van der Waals surface area contributed by atoms with Crippen molar-refractivity contribution in [3.63, 3.8) is 0 Å². The molecule has 1 heterocycles. The van der Waals surface area contributed by atoms with Gasteiger partial charge in [-0.15, -0.1) is 0 Å². The van der Waals surface area contributed by atoms with Crippen molar-refractivity contribution in [2.45, 2.75) is 20.0 Å². The molecule has 1 aromatic rings. The molecule has 0 atom stereocenters. The molecule has 2 rings (SSSR count). The molecule has 112 valence electrons. The molecule has 1 aromatic carbocycles. The third-order valence-corrected chi connectivity index (χ3v) is 3.47. The Hall–Kier alpha value is -1.26. The number of para-hydroxylation sites is 2. The van der Waals surface area contributed by atoms with Gasteiger partial charge in [0, 0.05) is 32.7 Å². The summed E-state index contributed by atoms with van der Waals surface area (Å²) in [4.78, 5) is 4.81. The third kappa shape index (κ3) is 4.69. The average Bonchev–Trinajstić information content (AvgIpc) is 2.42. The Morgan fingerprint density at radius 1 is 1.05 bits per heavy atom. The van der Waals surface area contributed by atoms with Crippen molar-refractivity contribution >= 4 is 0 Å². The molecule has 0 amide bonds. The molecule has 1 aliphatic heterocycles. The second-order valence-corrected chi connectivity index (χ2v) is 5.61. The standard InChI is InChI=1S/C16H26N2O2/c1-14(2)20-16-7-5-4-6-15(16)19-13-12-18-10-8-17(3)9-11-18/h4-7,14H,8-13H2,1-3H3. The number of piperazine rings is 1. The predicted molar refractivity (Wildman–Crippen MR) is 81.6 cm³/mol. The number of likely N-dealkylation sites (N-methyl/N-ethyl adjacent to an activating group) is 1. The molecule has 1 saturated heterocycles. The first-order valence-electron chi connectivity index (χ1n) is 7.44. The van der Waals surface area contributed by atoms with Gasteiger partial charge in [0.25, 0.3) is 0 Å². The van der Waals surface area contributed by atoms with Gasteiger partial charge in [0.2, 0.25) is 0 Å². The molecule has 0 spiro atoms. The van der Waals surface area contributed by atoms with E-state index >= 15 is 0 Å². The molecular weight excluding hydrogens is 252 g/mol. The maximum atomic E-state index is 5.89. The first-order valence-corrected chi connectivity index (χ1v) is 7.44. The zero-order valence-corrected chi connectivity index (χ0v) is 12.8. The summed E-state index contributed by atoms with van der Waals surface area (Å²) < 4.78 is 11.6. The molecule has 1 aliphatic rings. The van der Waals surface area contributed by atoms with Gasteiger partial charge < -0.3 is 14.4 Å². The van der Waals surface area contributed by atoms with E-state index in [9.17, 15) is 0 Å². The second kappa shape index (κ2) is 7.50. The predicted octanol–water partition coefficient (Wildman–Crippen LogP) is 2.10. The lowest BCUT2D eigenvalue weighted by Crippen LogP contribution is -2.45. The van der Waals surface area contributed by atoms with Gasteiger partial charge in [-0.3, -0.25) is 4.90 Å². The lowest BCUT2D eigenvalue weighted by molar-refractivity contribution is 0.131. The zero-order valence-electron chi connectivity index (χ0n) is 12.8. The van der Waals surface area contributed by atoms with Crippen molar-refractivity contribution in [2.75, 3.05) is 46.4 Å². The summed E-state index contributed by atoms with van der Waals surface area (Å²) in [5.74, 6) is 1.68. The largest absolute Gasteiger partial charge is 0.488 e. The molecule has 0 saturated carbocycles. The second-order valence-electron chi connectivity index (χ2n) is 5.61. The number of benzene rings is 1. The normalized spacial score (nSPS) is 17.4. The number of hydrogen-bond donors (Lipinski definition) is 0. The lowest BCUT2D eigenvalue weighted by atomic mass is 10.3. The SMILES string of the molecule is CC(C)Oc1ccccc1OCCN1CCN(C)CC1. The van der Waals surface area contributed by atoms with Crippen molar-refractivity contribution in [2.24, 2.45) is 0 Å². The minimum Gasteiger partial charge on any atom is -0.488 e. The Labute approximate surface area is 122 Å². The molecule has 0 aliphatic carbocycles. The van der Waals surface area contributed by atoms with Crippen molar-refractivity contribution in [3.05, 3.63) is 24.3 Å². The first-order chi connectivity index (χ1) is 9.65. The summed E-state index contributed by atoms with van der Waals surface area (Å²) in [6, 6.07) is 7.90. The van der Waals surface area contributed by atoms with Crippen LogP contribution in [0.15, 0.2) is 24.3 Å². The molecule has 0 aromatic heterocycles. The highest BCUT2D eigenvalue weighted by Gasteiger charge is 2.13. The molecule has 0 N–H and O–H groups in total. The van der Waals surface area contributed by atoms with Crippen molar-refractivity contribution in [1.29, 1.82) is 0 Å². The molecular formula is C16H26N2O2. The van der Waals surface area contributed by atoms with Crippen LogP contribution in [-0.2, 0) is 0 Å². The van der Waals surface area contributed by atoms with Crippen LogP contribution >= 0.6 is 0 Å². The van der Waals surface area contributed by atoms with Crippen LogP contribution < -0.4 is 9.47 Å². The van der Waals surface area contributed by atoms with E-state index in [-0.39, 0.29) is 6.10 Å². The molecule has 1 fully saturated rings. The fourth-order valence-electron chi connectivity index (χ4n) is 2.28. The van der Waals surface area contributed by atoms with Crippen LogP contribution in [0.1, 0.15) is 13.8 Å². The summed E-state index contributed by atoms with van der Waals surface area (Å²) in [7, 11) is 2.17. The average molecular weight is 278 g/mol. The Balaban J connectivity index is 1.79. The minimum absolute atomic E-state index is 0.164. The van der Waals surface area contributed by atoms with E-state index in [1.807, 2.05) is 38.1 Å². The van der Waals surface area contributed by atoms with Crippen molar-refractivity contribution < 1.29 is 9.47 Å². The van der Waals surface area contributed by atoms with Crippen LogP contribution in [-0.4, -0.2) is 62.3 Å². The Morgan fingerprint density at radius 3 is 2.35 bits per heavy atom. The molecule has 0 unspecified atom stereocenters. The van der Waals surface area contributed by atoms with Gasteiger partial charge in [-0.1, -0.05) is 12.1 Å². The van der Waals surface area contributed by atoms with Gasteiger partial charge in [0.05, 0.1) is 6.10 Å². The van der Waals surface area contributed by atoms with Crippen molar-refractivity contribution in [1.82, 2.24) is 9.80 Å². The highest BCUT2D eigenvalue weighted by atomic mass is 16.5. The van der Waals surface area contributed by atoms with Crippen LogP contribution in [0, 0.1) is 0 Å². The van der Waals surface area contributed by atoms with E-state index < -0.39 is 0 Å². The highest BCUT2D eigenvalue weighted by molar-refractivity contribution is 5.39. The van der Waals surface area contributed by atoms with Crippen LogP contribution in [0.5, 0.6) is 11.5 Å². The quantitative estimate of drug-likeness (QED) is 0.795. The Kier molecular flexibility index (Phi) is 5.68. The van der Waals surface area contributed by atoms with E-state index in [0.717, 1.165) is 44.2 Å². The molecule has 20 heavy (non-hydrogen) atoms. The van der Waals surface area contributed by atoms with E-state index in [1.165, 1.54) is 0 Å². The Bertz CT molecular complexity index is 401. The summed E-state index contributed by atoms with van der Waals surface area (Å²) >= 11 is 0. The zero-order chi connectivity index (χ0) is 14.4. The van der Waals surface area contributed by atoms with Gasteiger partial charge in [-0.05, 0) is 33.0 Å². The number of rotatable bonds is 6. The molecule has 0 bridgehead atoms. The number of hydrogen-bond acceptors (Lipinski definition) is 4. The summed E-state index contributed by atoms with van der Waals surface area (Å²) in [6.45, 7) is 10.3. The molecule has 4 heteroatoms. The van der Waals surface area contributed by atoms with E-state index in [4.69, 9.17) is 9.47 Å². The van der Waals surface area contributed by atoms with Gasteiger partial charge in [0.15, 0.2) is 11.5 Å². The summed E-state index contributed by atoms with van der Waals surface area (Å²) in [6.07, 6.45) is 0.164. The number of nitrogens with zero attached hydrogens (tertiary/aromatic N) is 2. The van der Waals surface area contributed by atoms with E-state index in [2.05, 4.69) is 16.8 Å². The minimum atomic E-state index is 0.164. The lowest BCUT2D eigenvalue weighted by Gasteiger charge is -2.32. The van der Waals surface area contributed by atoms with E-state index in [1.54, 1.807) is 0 Å². The molecule has 0 radical (unpaired) electrons. The summed E-state index contributed by atoms with van der Waals surface area (Å²) in [5.41, 5.74) is 0. The van der Waals surface area contributed by atoms with E-state index in [0.29, 0.717) is 6.61 Å². The van der Waals surface area contributed by atoms with Gasteiger partial charge in [-0.2, -0.15) is 0 Å². The maximum absolute atomic E-state index is 5.89. The van der Waals surface area contributed by atoms with Crippen LogP contribution in [0.2, 0.25) is 0 Å².